The molecule has 0 spiro atoms. The van der Waals surface area contributed by atoms with Crippen LogP contribution >= 0.6 is 0 Å². The summed E-state index contributed by atoms with van der Waals surface area (Å²) in [5.41, 5.74) is 0.857. The van der Waals surface area contributed by atoms with Crippen LogP contribution in [-0.2, 0) is 20.7 Å². The highest BCUT2D eigenvalue weighted by Gasteiger charge is 2.29. The Morgan fingerprint density at radius 1 is 1.36 bits per heavy atom. The number of halogens is 1. The van der Waals surface area contributed by atoms with Gasteiger partial charge in [0, 0.05) is 12.0 Å². The van der Waals surface area contributed by atoms with E-state index in [1.165, 1.54) is 30.5 Å². The molecule has 0 aliphatic heterocycles. The van der Waals surface area contributed by atoms with E-state index in [0.717, 1.165) is 0 Å². The van der Waals surface area contributed by atoms with Gasteiger partial charge in [-0.1, -0.05) is 0 Å². The van der Waals surface area contributed by atoms with Crippen molar-refractivity contribution in [3.63, 3.8) is 0 Å². The van der Waals surface area contributed by atoms with E-state index >= 15 is 0 Å². The minimum Gasteiger partial charge on any atom is -0.481 e. The Morgan fingerprint density at radius 2 is 2.05 bits per heavy atom. The number of aromatic nitrogens is 1. The molecule has 0 fully saturated rings. The highest BCUT2D eigenvalue weighted by Crippen LogP contribution is 2.20. The van der Waals surface area contributed by atoms with Gasteiger partial charge in [0.15, 0.2) is 5.92 Å². The van der Waals surface area contributed by atoms with Gasteiger partial charge in [-0.05, 0) is 31.2 Å². The van der Waals surface area contributed by atoms with Crippen LogP contribution in [0.1, 0.15) is 12.6 Å². The summed E-state index contributed by atoms with van der Waals surface area (Å²) >= 11 is 0. The molecule has 0 saturated carbocycles. The van der Waals surface area contributed by atoms with Crippen LogP contribution in [0.15, 0.2) is 34.9 Å². The first-order valence-electron chi connectivity index (χ1n) is 6.61. The Kier molecular flexibility index (Phi) is 4.88. The summed E-state index contributed by atoms with van der Waals surface area (Å²) in [5, 5.41) is 9.09. The average Bonchev–Trinajstić information content (AvgIpc) is 2.94. The Balaban J connectivity index is 2.15. The first kappa shape index (κ1) is 15.7. The van der Waals surface area contributed by atoms with Crippen LogP contribution in [0.4, 0.5) is 4.39 Å². The number of benzene rings is 1. The monoisotopic (exact) mass is 307 g/mol. The fourth-order valence-corrected chi connectivity index (χ4v) is 1.85. The van der Waals surface area contributed by atoms with Crippen molar-refractivity contribution >= 4 is 11.9 Å². The maximum Gasteiger partial charge on any atom is 0.320 e. The maximum atomic E-state index is 12.9. The van der Waals surface area contributed by atoms with Crippen molar-refractivity contribution in [3.05, 3.63) is 42.0 Å². The first-order valence-corrected chi connectivity index (χ1v) is 6.61. The van der Waals surface area contributed by atoms with Crippen molar-refractivity contribution in [1.29, 1.82) is 0 Å². The number of ether oxygens (including phenoxy) is 1. The van der Waals surface area contributed by atoms with Gasteiger partial charge in [0.2, 0.25) is 5.89 Å². The summed E-state index contributed by atoms with van der Waals surface area (Å²) in [7, 11) is 0. The van der Waals surface area contributed by atoms with Crippen LogP contribution in [0.2, 0.25) is 0 Å². The van der Waals surface area contributed by atoms with Crippen LogP contribution in [0, 0.1) is 11.7 Å². The van der Waals surface area contributed by atoms with Crippen molar-refractivity contribution in [1.82, 2.24) is 4.98 Å². The first-order chi connectivity index (χ1) is 10.5. The predicted octanol–water partition coefficient (Wildman–Crippen LogP) is 2.29. The molecule has 22 heavy (non-hydrogen) atoms. The number of carboxylic acid groups (broad SMARTS) is 1. The molecule has 0 aliphatic rings. The molecule has 1 aromatic carbocycles. The summed E-state index contributed by atoms with van der Waals surface area (Å²) in [6.07, 6.45) is 1.13. The van der Waals surface area contributed by atoms with Gasteiger partial charge < -0.3 is 14.3 Å². The van der Waals surface area contributed by atoms with Crippen molar-refractivity contribution in [2.45, 2.75) is 13.3 Å². The maximum absolute atomic E-state index is 12.9. The molecule has 0 saturated heterocycles. The number of aliphatic carboxylic acids is 1. The third-order valence-corrected chi connectivity index (χ3v) is 2.93. The Labute approximate surface area is 125 Å². The zero-order valence-corrected chi connectivity index (χ0v) is 11.8. The third kappa shape index (κ3) is 3.69. The molecule has 1 aromatic heterocycles. The van der Waals surface area contributed by atoms with Crippen LogP contribution in [-0.4, -0.2) is 28.6 Å². The zero-order chi connectivity index (χ0) is 16.1. The van der Waals surface area contributed by atoms with E-state index in [1.54, 1.807) is 6.92 Å². The van der Waals surface area contributed by atoms with Gasteiger partial charge in [-0.3, -0.25) is 9.59 Å². The number of carbonyl (C=O) groups excluding carboxylic acids is 1. The van der Waals surface area contributed by atoms with Gasteiger partial charge in [0.25, 0.3) is 0 Å². The lowest BCUT2D eigenvalue weighted by Crippen LogP contribution is -2.28. The van der Waals surface area contributed by atoms with Crippen molar-refractivity contribution in [2.75, 3.05) is 6.61 Å². The smallest absolute Gasteiger partial charge is 0.320 e. The summed E-state index contributed by atoms with van der Waals surface area (Å²) in [4.78, 5) is 26.8. The van der Waals surface area contributed by atoms with Crippen LogP contribution in [0.25, 0.3) is 11.5 Å². The normalized spacial score (nSPS) is 11.9. The van der Waals surface area contributed by atoms with Gasteiger partial charge >= 0.3 is 11.9 Å². The lowest BCUT2D eigenvalue weighted by molar-refractivity contribution is -0.158. The average molecular weight is 307 g/mol. The number of hydrogen-bond acceptors (Lipinski definition) is 5. The molecular formula is C15H14FNO5. The molecule has 1 N–H and O–H groups in total. The summed E-state index contributed by atoms with van der Waals surface area (Å²) < 4.78 is 22.8. The minimum atomic E-state index is -1.34. The molecule has 6 nitrogen and oxygen atoms in total. The Hall–Kier alpha value is -2.70. The molecule has 7 heteroatoms. The Bertz CT molecular complexity index is 665. The lowest BCUT2D eigenvalue weighted by atomic mass is 10.0. The summed E-state index contributed by atoms with van der Waals surface area (Å²) in [5.74, 6) is -3.61. The van der Waals surface area contributed by atoms with Crippen molar-refractivity contribution in [3.8, 4) is 11.5 Å². The largest absolute Gasteiger partial charge is 0.481 e. The van der Waals surface area contributed by atoms with Crippen LogP contribution < -0.4 is 0 Å². The second-order valence-corrected chi connectivity index (χ2v) is 4.50. The minimum absolute atomic E-state index is 0.0995. The van der Waals surface area contributed by atoms with E-state index in [2.05, 4.69) is 4.98 Å². The number of hydrogen-bond donors (Lipinski definition) is 1. The molecule has 0 aliphatic carbocycles. The number of rotatable bonds is 6. The van der Waals surface area contributed by atoms with Crippen molar-refractivity contribution in [2.24, 2.45) is 5.92 Å². The molecule has 1 atom stereocenters. The topological polar surface area (TPSA) is 89.6 Å². The van der Waals surface area contributed by atoms with E-state index < -0.39 is 17.9 Å². The summed E-state index contributed by atoms with van der Waals surface area (Å²) in [6.45, 7) is 1.70. The molecule has 1 heterocycles. The van der Waals surface area contributed by atoms with Gasteiger partial charge in [-0.2, -0.15) is 0 Å². The number of carboxylic acids is 1. The van der Waals surface area contributed by atoms with E-state index in [0.29, 0.717) is 11.3 Å². The number of nitrogens with zero attached hydrogens (tertiary/aromatic N) is 1. The predicted molar refractivity (Wildman–Crippen MR) is 73.4 cm³/mol. The fraction of sp³-hybridized carbons (Fsp3) is 0.267. The van der Waals surface area contributed by atoms with E-state index in [9.17, 15) is 14.0 Å². The lowest BCUT2D eigenvalue weighted by Gasteiger charge is -2.08. The molecule has 0 bridgehead atoms. The van der Waals surface area contributed by atoms with Gasteiger partial charge in [-0.15, -0.1) is 0 Å². The second kappa shape index (κ2) is 6.84. The molecule has 0 amide bonds. The van der Waals surface area contributed by atoms with Crippen LogP contribution in [0.5, 0.6) is 0 Å². The molecule has 2 rings (SSSR count). The third-order valence-electron chi connectivity index (χ3n) is 2.93. The van der Waals surface area contributed by atoms with Crippen molar-refractivity contribution < 1.29 is 28.2 Å². The zero-order valence-electron chi connectivity index (χ0n) is 11.8. The highest BCUT2D eigenvalue weighted by molar-refractivity contribution is 5.94. The van der Waals surface area contributed by atoms with Gasteiger partial charge in [0.1, 0.15) is 12.1 Å². The van der Waals surface area contributed by atoms with Gasteiger partial charge in [-0.25, -0.2) is 9.37 Å². The SMILES string of the molecule is CCOC(=O)C(Cc1coc(-c2ccc(F)cc2)n1)C(=O)O. The van der Waals surface area contributed by atoms with Crippen LogP contribution in [0.3, 0.4) is 0 Å². The Morgan fingerprint density at radius 3 is 2.64 bits per heavy atom. The molecule has 1 unspecified atom stereocenters. The highest BCUT2D eigenvalue weighted by atomic mass is 19.1. The van der Waals surface area contributed by atoms with E-state index in [1.807, 2.05) is 0 Å². The quantitative estimate of drug-likeness (QED) is 0.650. The number of esters is 1. The standard InChI is InChI=1S/C15H14FNO5/c1-2-21-15(20)12(14(18)19)7-11-8-22-13(17-11)9-3-5-10(16)6-4-9/h3-6,8,12H,2,7H2,1H3,(H,18,19). The summed E-state index contributed by atoms with van der Waals surface area (Å²) in [6, 6.07) is 5.51. The van der Waals surface area contributed by atoms with E-state index in [4.69, 9.17) is 14.3 Å². The molecule has 2 aromatic rings. The molecule has 0 radical (unpaired) electrons. The van der Waals surface area contributed by atoms with Gasteiger partial charge in [0.05, 0.1) is 12.3 Å². The van der Waals surface area contributed by atoms with E-state index in [-0.39, 0.29) is 24.7 Å². The fourth-order valence-electron chi connectivity index (χ4n) is 1.85. The molecular weight excluding hydrogens is 293 g/mol. The number of oxazole rings is 1. The molecule has 116 valence electrons. The second-order valence-electron chi connectivity index (χ2n) is 4.50. The number of carbonyl (C=O) groups is 2.